The number of nitrogens with zero attached hydrogens (tertiary/aromatic N) is 2. The fourth-order valence-corrected chi connectivity index (χ4v) is 2.51. The second kappa shape index (κ2) is 11.0. The molecule has 1 saturated heterocycles. The maximum absolute atomic E-state index is 7.00. The number of rotatable bonds is 4. The molecular weight excluding hydrogens is 336 g/mol. The van der Waals surface area contributed by atoms with E-state index in [4.69, 9.17) is 10.8 Å². The molecule has 0 radical (unpaired) electrons. The van der Waals surface area contributed by atoms with Gasteiger partial charge in [-0.2, -0.15) is 0 Å². The first-order valence-corrected chi connectivity index (χ1v) is 8.71. The summed E-state index contributed by atoms with van der Waals surface area (Å²) in [6.45, 7) is 16.4. The third-order valence-corrected chi connectivity index (χ3v) is 4.10. The minimum Gasteiger partial charge on any atom is -0.400 e. The van der Waals surface area contributed by atoms with Gasteiger partial charge in [-0.05, 0) is 31.0 Å². The minimum absolute atomic E-state index is 0. The van der Waals surface area contributed by atoms with Crippen molar-refractivity contribution in [3.8, 4) is 0 Å². The van der Waals surface area contributed by atoms with E-state index in [1.54, 1.807) is 12.3 Å². The molecule has 0 amide bonds. The van der Waals surface area contributed by atoms with Gasteiger partial charge in [-0.25, -0.2) is 10.4 Å². The van der Waals surface area contributed by atoms with Gasteiger partial charge in [-0.3, -0.25) is 5.01 Å². The van der Waals surface area contributed by atoms with Crippen molar-refractivity contribution in [2.45, 2.75) is 19.9 Å². The molecule has 5 heteroatoms. The van der Waals surface area contributed by atoms with Crippen molar-refractivity contribution in [1.29, 1.82) is 0 Å². The number of pyridine rings is 1. The Labute approximate surface area is 165 Å². The van der Waals surface area contributed by atoms with Gasteiger partial charge in [0.15, 0.2) is 0 Å². The molecule has 0 saturated carbocycles. The van der Waals surface area contributed by atoms with Crippen molar-refractivity contribution in [1.82, 2.24) is 10.4 Å². The van der Waals surface area contributed by atoms with Crippen molar-refractivity contribution in [3.63, 3.8) is 0 Å². The molecule has 3 rings (SSSR count). The number of hydrogen-bond donors (Lipinski definition) is 3. The van der Waals surface area contributed by atoms with Crippen LogP contribution in [0.1, 0.15) is 32.0 Å². The van der Waals surface area contributed by atoms with Crippen LogP contribution in [0.5, 0.6) is 0 Å². The molecule has 27 heavy (non-hydrogen) atoms. The zero-order valence-corrected chi connectivity index (χ0v) is 16.4. The van der Waals surface area contributed by atoms with E-state index in [2.05, 4.69) is 62.2 Å². The van der Waals surface area contributed by atoms with Crippen LogP contribution in [0.15, 0.2) is 50.2 Å². The van der Waals surface area contributed by atoms with Gasteiger partial charge < -0.3 is 10.8 Å². The third-order valence-electron chi connectivity index (χ3n) is 4.10. The molecule has 1 fully saturated rings. The zero-order valence-electron chi connectivity index (χ0n) is 16.4. The quantitative estimate of drug-likeness (QED) is 0.744. The van der Waals surface area contributed by atoms with E-state index in [1.165, 1.54) is 5.56 Å². The van der Waals surface area contributed by atoms with Crippen LogP contribution in [0.4, 0.5) is 11.5 Å². The second-order valence-corrected chi connectivity index (χ2v) is 6.00. The van der Waals surface area contributed by atoms with E-state index in [0.717, 1.165) is 36.2 Å². The number of nitrogens with two attached hydrogens (primary N) is 1. The molecular formula is C22H34N4O. The lowest BCUT2D eigenvalue weighted by Crippen LogP contribution is -2.61. The average Bonchev–Trinajstić information content (AvgIpc) is 2.70. The SMILES string of the molecule is C=Cc1cc(N2NCC2C)ncc1N.C=Cc1ccc(C)cc1C=C.CO.[HH].[HH]. The van der Waals surface area contributed by atoms with Crippen LogP contribution in [0.3, 0.4) is 0 Å². The number of benzene rings is 1. The van der Waals surface area contributed by atoms with Crippen LogP contribution in [-0.4, -0.2) is 29.8 Å². The maximum atomic E-state index is 7.00. The van der Waals surface area contributed by atoms with Crippen molar-refractivity contribution < 1.29 is 7.96 Å². The predicted octanol–water partition coefficient (Wildman–Crippen LogP) is 4.40. The van der Waals surface area contributed by atoms with Crippen LogP contribution in [-0.2, 0) is 0 Å². The molecule has 5 nitrogen and oxygen atoms in total. The Balaban J connectivity index is 0. The van der Waals surface area contributed by atoms with Gasteiger partial charge in [0, 0.05) is 22.1 Å². The largest absolute Gasteiger partial charge is 0.400 e. The van der Waals surface area contributed by atoms with Gasteiger partial charge in [0.1, 0.15) is 5.82 Å². The average molecular weight is 371 g/mol. The van der Waals surface area contributed by atoms with Crippen molar-refractivity contribution in [2.24, 2.45) is 0 Å². The van der Waals surface area contributed by atoms with Crippen molar-refractivity contribution >= 4 is 29.7 Å². The summed E-state index contributed by atoms with van der Waals surface area (Å²) in [5.41, 5.74) is 14.0. The minimum atomic E-state index is 0. The second-order valence-electron chi connectivity index (χ2n) is 6.00. The van der Waals surface area contributed by atoms with Crippen LogP contribution in [0.25, 0.3) is 18.2 Å². The van der Waals surface area contributed by atoms with Crippen molar-refractivity contribution in [3.05, 3.63) is 72.5 Å². The Bertz CT molecular complexity index is 796. The van der Waals surface area contributed by atoms with E-state index in [9.17, 15) is 0 Å². The lowest BCUT2D eigenvalue weighted by atomic mass is 10.0. The monoisotopic (exact) mass is 370 g/mol. The smallest absolute Gasteiger partial charge is 0.143 e. The summed E-state index contributed by atoms with van der Waals surface area (Å²) in [4.78, 5) is 4.25. The Hall–Kier alpha value is -2.89. The Morgan fingerprint density at radius 2 is 1.78 bits per heavy atom. The van der Waals surface area contributed by atoms with E-state index in [-0.39, 0.29) is 2.85 Å². The molecule has 2 aromatic rings. The van der Waals surface area contributed by atoms with E-state index in [1.807, 2.05) is 23.2 Å². The van der Waals surface area contributed by atoms with Crippen LogP contribution < -0.4 is 16.2 Å². The molecule has 2 heterocycles. The molecule has 0 bridgehead atoms. The highest BCUT2D eigenvalue weighted by atomic mass is 16.2. The fourth-order valence-electron chi connectivity index (χ4n) is 2.51. The summed E-state index contributed by atoms with van der Waals surface area (Å²) >= 11 is 0. The molecule has 1 aromatic heterocycles. The summed E-state index contributed by atoms with van der Waals surface area (Å²) in [5.74, 6) is 0.896. The first-order chi connectivity index (χ1) is 13.0. The van der Waals surface area contributed by atoms with Gasteiger partial charge in [0.25, 0.3) is 0 Å². The molecule has 148 valence electrons. The molecule has 1 unspecified atom stereocenters. The normalized spacial score (nSPS) is 14.5. The fraction of sp³-hybridized carbons (Fsp3) is 0.227. The molecule has 1 aliphatic heterocycles. The Kier molecular flexibility index (Phi) is 8.99. The first kappa shape index (κ1) is 22.2. The highest BCUT2D eigenvalue weighted by molar-refractivity contribution is 5.66. The Morgan fingerprint density at radius 1 is 1.15 bits per heavy atom. The number of aromatic nitrogens is 1. The molecule has 1 atom stereocenters. The summed E-state index contributed by atoms with van der Waals surface area (Å²) in [6.07, 6.45) is 7.10. The van der Waals surface area contributed by atoms with Gasteiger partial charge in [-0.1, -0.05) is 61.7 Å². The number of hydrogen-bond acceptors (Lipinski definition) is 5. The molecule has 0 spiro atoms. The summed E-state index contributed by atoms with van der Waals surface area (Å²) in [5, 5.41) is 9.02. The van der Waals surface area contributed by atoms with Crippen LogP contribution in [0.2, 0.25) is 0 Å². The molecule has 4 N–H and O–H groups in total. The third kappa shape index (κ3) is 5.81. The number of aliphatic hydroxyl groups is 1. The number of aryl methyl sites for hydroxylation is 1. The highest BCUT2D eigenvalue weighted by Gasteiger charge is 2.24. The van der Waals surface area contributed by atoms with E-state index >= 15 is 0 Å². The lowest BCUT2D eigenvalue weighted by molar-refractivity contribution is 0.399. The first-order valence-electron chi connectivity index (χ1n) is 8.71. The van der Waals surface area contributed by atoms with Crippen molar-refractivity contribution in [2.75, 3.05) is 24.4 Å². The van der Waals surface area contributed by atoms with Gasteiger partial charge >= 0.3 is 0 Å². The number of hydrazine groups is 1. The summed E-state index contributed by atoms with van der Waals surface area (Å²) in [6, 6.07) is 8.65. The number of nitrogens with one attached hydrogen (secondary N) is 1. The standard InChI is InChI=1S/C11H12.C10H14N4.CH4O.2H2/c1-4-10-7-6-9(3)8-11(10)5-2;1-3-8-4-10(12-6-9(8)11)14-7(2)5-13-14;1-2;;/h4-8H,1-2H2,3H3;3-4,6-7,13H,1,5,11H2,2H3;2H,1H3;2*1H. The number of nitrogen functional groups attached to an aromatic ring is 1. The highest BCUT2D eigenvalue weighted by Crippen LogP contribution is 2.21. The van der Waals surface area contributed by atoms with Gasteiger partial charge in [0.05, 0.1) is 17.9 Å². The lowest BCUT2D eigenvalue weighted by Gasteiger charge is -2.40. The summed E-state index contributed by atoms with van der Waals surface area (Å²) in [7, 11) is 1.00. The van der Waals surface area contributed by atoms with Crippen LogP contribution in [0, 0.1) is 6.92 Å². The molecule has 1 aromatic carbocycles. The number of aliphatic hydroxyl groups excluding tert-OH is 1. The topological polar surface area (TPSA) is 74.4 Å². The maximum Gasteiger partial charge on any atom is 0.143 e. The van der Waals surface area contributed by atoms with E-state index in [0.29, 0.717) is 11.7 Å². The zero-order chi connectivity index (χ0) is 20.4. The van der Waals surface area contributed by atoms with Crippen LogP contribution >= 0.6 is 0 Å². The summed E-state index contributed by atoms with van der Waals surface area (Å²) < 4.78 is 0. The Morgan fingerprint density at radius 3 is 2.26 bits per heavy atom. The molecule has 0 aliphatic carbocycles. The molecule has 1 aliphatic rings. The van der Waals surface area contributed by atoms with Gasteiger partial charge in [0.2, 0.25) is 0 Å². The predicted molar refractivity (Wildman–Crippen MR) is 122 cm³/mol. The number of anilines is 2. The van der Waals surface area contributed by atoms with E-state index < -0.39 is 0 Å². The van der Waals surface area contributed by atoms with Gasteiger partial charge in [-0.15, -0.1) is 0 Å².